The minimum Gasteiger partial charge on any atom is -0.466 e. The molecule has 0 fully saturated rings. The number of nitrogens with two attached hydrogens (primary N) is 2. The Bertz CT molecular complexity index is 364. The molecule has 1 aromatic carbocycles. The highest BCUT2D eigenvalue weighted by Crippen LogP contribution is 2.17. The van der Waals surface area contributed by atoms with E-state index < -0.39 is 0 Å². The van der Waals surface area contributed by atoms with E-state index in [0.29, 0.717) is 18.7 Å². The lowest BCUT2D eigenvalue weighted by Crippen LogP contribution is -2.04. The maximum absolute atomic E-state index is 11.1. The van der Waals surface area contributed by atoms with Crippen LogP contribution in [0.2, 0.25) is 0 Å². The molecule has 0 radical (unpaired) electrons. The van der Waals surface area contributed by atoms with Crippen LogP contribution >= 0.6 is 0 Å². The van der Waals surface area contributed by atoms with Gasteiger partial charge in [0.1, 0.15) is 0 Å². The molecule has 1 aromatic rings. The third kappa shape index (κ3) is 3.81. The smallest absolute Gasteiger partial charge is 0.305 e. The Hall–Kier alpha value is -1.71. The molecule has 0 saturated heterocycles. The van der Waals surface area contributed by atoms with Crippen LogP contribution in [0.25, 0.3) is 0 Å². The zero-order chi connectivity index (χ0) is 12.0. The second-order valence-electron chi connectivity index (χ2n) is 3.62. The normalized spacial score (nSPS) is 10.1. The molecule has 16 heavy (non-hydrogen) atoms. The average Bonchev–Trinajstić information content (AvgIpc) is 2.23. The minimum absolute atomic E-state index is 0.162. The molecule has 88 valence electrons. The number of hydrogen-bond acceptors (Lipinski definition) is 4. The average molecular weight is 222 g/mol. The predicted octanol–water partition coefficient (Wildman–Crippen LogP) is 1.74. The minimum atomic E-state index is -0.162. The van der Waals surface area contributed by atoms with Gasteiger partial charge in [-0.25, -0.2) is 0 Å². The van der Waals surface area contributed by atoms with Crippen LogP contribution in [-0.4, -0.2) is 12.6 Å². The number of aryl methyl sites for hydroxylation is 1. The lowest BCUT2D eigenvalue weighted by atomic mass is 10.1. The number of rotatable bonds is 5. The summed E-state index contributed by atoms with van der Waals surface area (Å²) in [6.45, 7) is 2.23. The Kier molecular flexibility index (Phi) is 4.64. The van der Waals surface area contributed by atoms with Gasteiger partial charge in [0.15, 0.2) is 0 Å². The van der Waals surface area contributed by atoms with Gasteiger partial charge in [0, 0.05) is 17.8 Å². The number of esters is 1. The number of ether oxygens (including phenoxy) is 1. The third-order valence-corrected chi connectivity index (χ3v) is 2.30. The van der Waals surface area contributed by atoms with Crippen LogP contribution in [-0.2, 0) is 16.0 Å². The van der Waals surface area contributed by atoms with Gasteiger partial charge >= 0.3 is 5.97 Å². The summed E-state index contributed by atoms with van der Waals surface area (Å²) in [4.78, 5) is 11.1. The molecule has 0 atom stereocenters. The zero-order valence-electron chi connectivity index (χ0n) is 9.53. The number of carbonyl (C=O) groups excluding carboxylic acids is 1. The maximum Gasteiger partial charge on any atom is 0.305 e. The van der Waals surface area contributed by atoms with E-state index in [4.69, 9.17) is 16.2 Å². The fourth-order valence-corrected chi connectivity index (χ4v) is 1.50. The van der Waals surface area contributed by atoms with Crippen LogP contribution in [0.1, 0.15) is 25.3 Å². The van der Waals surface area contributed by atoms with Gasteiger partial charge in [0.25, 0.3) is 0 Å². The van der Waals surface area contributed by atoms with Gasteiger partial charge in [-0.3, -0.25) is 4.79 Å². The molecule has 0 saturated carbocycles. The highest BCUT2D eigenvalue weighted by molar-refractivity contribution is 5.69. The van der Waals surface area contributed by atoms with Crippen molar-refractivity contribution in [2.24, 2.45) is 0 Å². The first-order valence-corrected chi connectivity index (χ1v) is 5.43. The summed E-state index contributed by atoms with van der Waals surface area (Å²) in [5.74, 6) is -0.162. The van der Waals surface area contributed by atoms with Crippen molar-refractivity contribution in [3.63, 3.8) is 0 Å². The van der Waals surface area contributed by atoms with E-state index in [1.165, 1.54) is 0 Å². The monoisotopic (exact) mass is 222 g/mol. The predicted molar refractivity (Wildman–Crippen MR) is 64.8 cm³/mol. The van der Waals surface area contributed by atoms with Crippen molar-refractivity contribution in [3.8, 4) is 0 Å². The molecule has 1 rings (SSSR count). The second-order valence-corrected chi connectivity index (χ2v) is 3.62. The van der Waals surface area contributed by atoms with Gasteiger partial charge in [-0.2, -0.15) is 0 Å². The zero-order valence-corrected chi connectivity index (χ0v) is 9.53. The van der Waals surface area contributed by atoms with Crippen LogP contribution in [0.15, 0.2) is 18.2 Å². The number of benzene rings is 1. The van der Waals surface area contributed by atoms with Gasteiger partial charge < -0.3 is 16.2 Å². The quantitative estimate of drug-likeness (QED) is 0.587. The lowest BCUT2D eigenvalue weighted by molar-refractivity contribution is -0.143. The first kappa shape index (κ1) is 12.4. The van der Waals surface area contributed by atoms with E-state index in [9.17, 15) is 4.79 Å². The maximum atomic E-state index is 11.1. The molecule has 0 heterocycles. The number of nitrogen functional groups attached to an aromatic ring is 2. The van der Waals surface area contributed by atoms with Crippen molar-refractivity contribution in [2.75, 3.05) is 18.1 Å². The fourth-order valence-electron chi connectivity index (χ4n) is 1.50. The molecule has 0 aromatic heterocycles. The van der Waals surface area contributed by atoms with E-state index in [1.807, 2.05) is 6.07 Å². The van der Waals surface area contributed by atoms with Gasteiger partial charge in [0.05, 0.1) is 6.61 Å². The van der Waals surface area contributed by atoms with Crippen LogP contribution in [0.3, 0.4) is 0 Å². The van der Waals surface area contributed by atoms with Crippen LogP contribution < -0.4 is 11.5 Å². The van der Waals surface area contributed by atoms with Gasteiger partial charge in [0.2, 0.25) is 0 Å². The van der Waals surface area contributed by atoms with E-state index in [2.05, 4.69) is 0 Å². The first-order valence-electron chi connectivity index (χ1n) is 5.43. The van der Waals surface area contributed by atoms with E-state index in [1.54, 1.807) is 19.1 Å². The van der Waals surface area contributed by atoms with Gasteiger partial charge in [-0.05, 0) is 43.5 Å². The highest BCUT2D eigenvalue weighted by Gasteiger charge is 2.04. The Morgan fingerprint density at radius 1 is 1.38 bits per heavy atom. The summed E-state index contributed by atoms with van der Waals surface area (Å²) in [5.41, 5.74) is 13.9. The molecule has 0 amide bonds. The molecule has 4 nitrogen and oxygen atoms in total. The summed E-state index contributed by atoms with van der Waals surface area (Å²) < 4.78 is 4.84. The lowest BCUT2D eigenvalue weighted by Gasteiger charge is -2.06. The SMILES string of the molecule is CCOC(=O)CCCc1cc(N)ccc1N. The molecule has 0 unspecified atom stereocenters. The molecule has 0 spiro atoms. The van der Waals surface area contributed by atoms with E-state index in [0.717, 1.165) is 24.1 Å². The third-order valence-electron chi connectivity index (χ3n) is 2.30. The van der Waals surface area contributed by atoms with Crippen molar-refractivity contribution in [1.82, 2.24) is 0 Å². The molecule has 0 aliphatic heterocycles. The van der Waals surface area contributed by atoms with Crippen LogP contribution in [0.4, 0.5) is 11.4 Å². The molecular weight excluding hydrogens is 204 g/mol. The van der Waals surface area contributed by atoms with Gasteiger partial charge in [-0.1, -0.05) is 0 Å². The Balaban J connectivity index is 2.42. The van der Waals surface area contributed by atoms with Crippen molar-refractivity contribution >= 4 is 17.3 Å². The number of carbonyl (C=O) groups is 1. The van der Waals surface area contributed by atoms with Crippen molar-refractivity contribution in [3.05, 3.63) is 23.8 Å². The van der Waals surface area contributed by atoms with E-state index >= 15 is 0 Å². The molecule has 4 heteroatoms. The van der Waals surface area contributed by atoms with Crippen molar-refractivity contribution in [1.29, 1.82) is 0 Å². The van der Waals surface area contributed by atoms with Crippen molar-refractivity contribution in [2.45, 2.75) is 26.2 Å². The molecule has 4 N–H and O–H groups in total. The largest absolute Gasteiger partial charge is 0.466 e. The van der Waals surface area contributed by atoms with Crippen LogP contribution in [0, 0.1) is 0 Å². The second kappa shape index (κ2) is 6.00. The summed E-state index contributed by atoms with van der Waals surface area (Å²) in [7, 11) is 0. The molecule has 0 aliphatic rings. The summed E-state index contributed by atoms with van der Waals surface area (Å²) in [6, 6.07) is 5.40. The summed E-state index contributed by atoms with van der Waals surface area (Å²) in [5, 5.41) is 0. The topological polar surface area (TPSA) is 78.3 Å². The highest BCUT2D eigenvalue weighted by atomic mass is 16.5. The standard InChI is InChI=1S/C12H18N2O2/c1-2-16-12(15)5-3-4-9-8-10(13)6-7-11(9)14/h6-8H,2-5,13-14H2,1H3. The van der Waals surface area contributed by atoms with E-state index in [-0.39, 0.29) is 5.97 Å². The summed E-state index contributed by atoms with van der Waals surface area (Å²) in [6.07, 6.45) is 1.89. The van der Waals surface area contributed by atoms with Crippen molar-refractivity contribution < 1.29 is 9.53 Å². The molecule has 0 bridgehead atoms. The Morgan fingerprint density at radius 3 is 2.81 bits per heavy atom. The molecular formula is C12H18N2O2. The fraction of sp³-hybridized carbons (Fsp3) is 0.417. The Labute approximate surface area is 95.6 Å². The summed E-state index contributed by atoms with van der Waals surface area (Å²) >= 11 is 0. The van der Waals surface area contributed by atoms with Crippen LogP contribution in [0.5, 0.6) is 0 Å². The van der Waals surface area contributed by atoms with Gasteiger partial charge in [-0.15, -0.1) is 0 Å². The number of hydrogen-bond donors (Lipinski definition) is 2. The Morgan fingerprint density at radius 2 is 2.12 bits per heavy atom. The first-order chi connectivity index (χ1) is 7.63. The molecule has 0 aliphatic carbocycles. The number of anilines is 2.